The van der Waals surface area contributed by atoms with E-state index >= 15 is 0 Å². The van der Waals surface area contributed by atoms with Gasteiger partial charge in [-0.25, -0.2) is 12.8 Å². The summed E-state index contributed by atoms with van der Waals surface area (Å²) in [4.78, 5) is 0. The van der Waals surface area contributed by atoms with Gasteiger partial charge >= 0.3 is 0 Å². The Kier molecular flexibility index (Phi) is 3.46. The number of ether oxygens (including phenoxy) is 1. The lowest BCUT2D eigenvalue weighted by Crippen LogP contribution is -2.35. The van der Waals surface area contributed by atoms with Crippen molar-refractivity contribution in [2.45, 2.75) is 31.4 Å². The van der Waals surface area contributed by atoms with E-state index in [0.717, 1.165) is 5.56 Å². The molecule has 1 aromatic rings. The average molecular weight is 299 g/mol. The highest BCUT2D eigenvalue weighted by atomic mass is 32.2. The van der Waals surface area contributed by atoms with Gasteiger partial charge in [0.05, 0.1) is 11.5 Å². The van der Waals surface area contributed by atoms with Crippen LogP contribution in [0.15, 0.2) is 18.2 Å². The quantitative estimate of drug-likeness (QED) is 0.913. The molecular weight excluding hydrogens is 281 g/mol. The van der Waals surface area contributed by atoms with Gasteiger partial charge in [0, 0.05) is 24.4 Å². The van der Waals surface area contributed by atoms with Crippen LogP contribution in [0.1, 0.15) is 18.4 Å². The van der Waals surface area contributed by atoms with Crippen molar-refractivity contribution in [2.75, 3.05) is 11.5 Å². The van der Waals surface area contributed by atoms with Crippen LogP contribution in [0.4, 0.5) is 4.39 Å². The molecule has 2 heterocycles. The van der Waals surface area contributed by atoms with Crippen molar-refractivity contribution < 1.29 is 17.5 Å². The molecule has 0 saturated carbocycles. The van der Waals surface area contributed by atoms with Crippen LogP contribution in [-0.4, -0.2) is 32.1 Å². The zero-order valence-corrected chi connectivity index (χ0v) is 11.9. The van der Waals surface area contributed by atoms with Gasteiger partial charge in [-0.05, 0) is 30.5 Å². The van der Waals surface area contributed by atoms with Crippen LogP contribution in [0.2, 0.25) is 0 Å². The molecule has 0 spiro atoms. The fourth-order valence-corrected chi connectivity index (χ4v) is 4.97. The molecule has 1 saturated heterocycles. The third-order valence-electron chi connectivity index (χ3n) is 4.17. The monoisotopic (exact) mass is 299 g/mol. The summed E-state index contributed by atoms with van der Waals surface area (Å²) in [5.74, 6) is 0.885. The lowest BCUT2D eigenvalue weighted by atomic mass is 9.93. The summed E-state index contributed by atoms with van der Waals surface area (Å²) in [6, 6.07) is 4.32. The molecule has 3 rings (SSSR count). The summed E-state index contributed by atoms with van der Waals surface area (Å²) in [5.41, 5.74) is 6.99. The van der Waals surface area contributed by atoms with Crippen molar-refractivity contribution in [3.63, 3.8) is 0 Å². The van der Waals surface area contributed by atoms with Crippen LogP contribution in [0, 0.1) is 11.7 Å². The standard InChI is InChI=1S/C14H18FNO3S/c15-11-1-2-14-10(5-11)6-12(19-14)7-13(16)9-3-4-20(17,18)8-9/h1-2,5,9,12-13H,3-4,6-8,16H2. The fourth-order valence-electron chi connectivity index (χ4n) is 3.08. The molecule has 20 heavy (non-hydrogen) atoms. The summed E-state index contributed by atoms with van der Waals surface area (Å²) in [7, 11) is -2.90. The van der Waals surface area contributed by atoms with Crippen molar-refractivity contribution in [1.82, 2.24) is 0 Å². The Morgan fingerprint density at radius 3 is 2.95 bits per heavy atom. The number of benzene rings is 1. The molecule has 6 heteroatoms. The van der Waals surface area contributed by atoms with Crippen LogP contribution >= 0.6 is 0 Å². The number of hydrogen-bond donors (Lipinski definition) is 1. The maximum Gasteiger partial charge on any atom is 0.150 e. The van der Waals surface area contributed by atoms with E-state index < -0.39 is 9.84 Å². The van der Waals surface area contributed by atoms with Gasteiger partial charge in [0.25, 0.3) is 0 Å². The molecule has 110 valence electrons. The number of nitrogens with two attached hydrogens (primary N) is 1. The van der Waals surface area contributed by atoms with Crippen LogP contribution in [0.25, 0.3) is 0 Å². The van der Waals surface area contributed by atoms with Crippen LogP contribution < -0.4 is 10.5 Å². The summed E-state index contributed by atoms with van der Waals surface area (Å²) in [5, 5.41) is 0. The van der Waals surface area contributed by atoms with Gasteiger partial charge in [0.1, 0.15) is 17.7 Å². The van der Waals surface area contributed by atoms with E-state index in [4.69, 9.17) is 10.5 Å². The van der Waals surface area contributed by atoms with Crippen molar-refractivity contribution in [3.05, 3.63) is 29.6 Å². The van der Waals surface area contributed by atoms with Crippen LogP contribution in [0.5, 0.6) is 5.75 Å². The van der Waals surface area contributed by atoms with Gasteiger partial charge in [0.15, 0.2) is 9.84 Å². The molecular formula is C14H18FNO3S. The van der Waals surface area contributed by atoms with Crippen LogP contribution in [0.3, 0.4) is 0 Å². The predicted octanol–water partition coefficient (Wildman–Crippen LogP) is 1.28. The Hall–Kier alpha value is -1.14. The number of fused-ring (bicyclic) bond motifs is 1. The number of hydrogen-bond acceptors (Lipinski definition) is 4. The number of sulfone groups is 1. The van der Waals surface area contributed by atoms with E-state index in [1.807, 2.05) is 0 Å². The third kappa shape index (κ3) is 2.81. The molecule has 0 aliphatic carbocycles. The fraction of sp³-hybridized carbons (Fsp3) is 0.571. The summed E-state index contributed by atoms with van der Waals surface area (Å²) < 4.78 is 41.8. The molecule has 1 aromatic carbocycles. The highest BCUT2D eigenvalue weighted by Crippen LogP contribution is 2.32. The zero-order chi connectivity index (χ0) is 14.3. The molecule has 3 unspecified atom stereocenters. The number of rotatable bonds is 3. The Bertz CT molecular complexity index is 617. The van der Waals surface area contributed by atoms with Gasteiger partial charge in [-0.3, -0.25) is 0 Å². The van der Waals surface area contributed by atoms with Gasteiger partial charge < -0.3 is 10.5 Å². The molecule has 2 aliphatic rings. The lowest BCUT2D eigenvalue weighted by Gasteiger charge is -2.21. The lowest BCUT2D eigenvalue weighted by molar-refractivity contribution is 0.198. The van der Waals surface area contributed by atoms with E-state index in [9.17, 15) is 12.8 Å². The first-order chi connectivity index (χ1) is 9.43. The smallest absolute Gasteiger partial charge is 0.150 e. The van der Waals surface area contributed by atoms with Crippen molar-refractivity contribution in [2.24, 2.45) is 11.7 Å². The van der Waals surface area contributed by atoms with Gasteiger partial charge in [-0.15, -0.1) is 0 Å². The zero-order valence-electron chi connectivity index (χ0n) is 11.1. The molecule has 0 amide bonds. The first kappa shape index (κ1) is 13.8. The van der Waals surface area contributed by atoms with Gasteiger partial charge in [-0.1, -0.05) is 0 Å². The normalized spacial score (nSPS) is 28.9. The Labute approximate surface area is 118 Å². The minimum Gasteiger partial charge on any atom is -0.490 e. The molecule has 4 nitrogen and oxygen atoms in total. The maximum atomic E-state index is 13.1. The van der Waals surface area contributed by atoms with Crippen LogP contribution in [-0.2, 0) is 16.3 Å². The first-order valence-electron chi connectivity index (χ1n) is 6.84. The van der Waals surface area contributed by atoms with E-state index in [1.165, 1.54) is 12.1 Å². The second-order valence-electron chi connectivity index (χ2n) is 5.76. The summed E-state index contributed by atoms with van der Waals surface area (Å²) in [6.45, 7) is 0. The van der Waals surface area contributed by atoms with Crippen molar-refractivity contribution in [1.29, 1.82) is 0 Å². The Balaban J connectivity index is 1.61. The predicted molar refractivity (Wildman–Crippen MR) is 73.9 cm³/mol. The molecule has 3 atom stereocenters. The highest BCUT2D eigenvalue weighted by Gasteiger charge is 2.34. The van der Waals surface area contributed by atoms with Gasteiger partial charge in [0.2, 0.25) is 0 Å². The van der Waals surface area contributed by atoms with E-state index in [2.05, 4.69) is 0 Å². The summed E-state index contributed by atoms with van der Waals surface area (Å²) >= 11 is 0. The highest BCUT2D eigenvalue weighted by molar-refractivity contribution is 7.91. The van der Waals surface area contributed by atoms with Crippen molar-refractivity contribution >= 4 is 9.84 Å². The molecule has 0 bridgehead atoms. The second-order valence-corrected chi connectivity index (χ2v) is 7.99. The average Bonchev–Trinajstić information content (AvgIpc) is 2.91. The first-order valence-corrected chi connectivity index (χ1v) is 8.66. The minimum atomic E-state index is -2.90. The largest absolute Gasteiger partial charge is 0.490 e. The number of halogens is 1. The Morgan fingerprint density at radius 2 is 2.25 bits per heavy atom. The second kappa shape index (κ2) is 5.00. The molecule has 0 radical (unpaired) electrons. The van der Waals surface area contributed by atoms with Crippen molar-refractivity contribution in [3.8, 4) is 5.75 Å². The third-order valence-corrected chi connectivity index (χ3v) is 5.97. The molecule has 2 N–H and O–H groups in total. The van der Waals surface area contributed by atoms with Gasteiger partial charge in [-0.2, -0.15) is 0 Å². The maximum absolute atomic E-state index is 13.1. The molecule has 0 aromatic heterocycles. The van der Waals surface area contributed by atoms with E-state index in [-0.39, 0.29) is 35.4 Å². The molecule has 2 aliphatic heterocycles. The van der Waals surface area contributed by atoms with E-state index in [0.29, 0.717) is 25.0 Å². The Morgan fingerprint density at radius 1 is 1.45 bits per heavy atom. The SMILES string of the molecule is NC(CC1Cc2cc(F)ccc2O1)C1CCS(=O)(=O)C1. The topological polar surface area (TPSA) is 69.4 Å². The van der Waals surface area contributed by atoms with E-state index in [1.54, 1.807) is 6.07 Å². The summed E-state index contributed by atoms with van der Waals surface area (Å²) in [6.07, 6.45) is 1.80. The minimum absolute atomic E-state index is 0.0176. The molecule has 1 fully saturated rings.